The molecule has 10 heteroatoms. The lowest BCUT2D eigenvalue weighted by Gasteiger charge is -2.36. The topological polar surface area (TPSA) is 62.2 Å². The molecule has 1 aliphatic heterocycles. The van der Waals surface area contributed by atoms with Crippen molar-refractivity contribution in [2.24, 2.45) is 11.8 Å². The van der Waals surface area contributed by atoms with E-state index in [2.05, 4.69) is 34.5 Å². The highest BCUT2D eigenvalue weighted by molar-refractivity contribution is 7.13. The first-order valence-electron chi connectivity index (χ1n) is 12.0. The fourth-order valence-electron chi connectivity index (χ4n) is 4.88. The first-order chi connectivity index (χ1) is 16.7. The van der Waals surface area contributed by atoms with Crippen LogP contribution in [-0.4, -0.2) is 52.7 Å². The minimum atomic E-state index is -4.37. The zero-order chi connectivity index (χ0) is 24.7. The Labute approximate surface area is 206 Å². The Morgan fingerprint density at radius 2 is 2.06 bits per heavy atom. The maximum atomic E-state index is 13.6. The quantitative estimate of drug-likeness (QED) is 0.469. The van der Waals surface area contributed by atoms with Crippen LogP contribution >= 0.6 is 11.3 Å². The summed E-state index contributed by atoms with van der Waals surface area (Å²) in [5.74, 6) is 0.540. The molecule has 0 unspecified atom stereocenters. The van der Waals surface area contributed by atoms with E-state index in [1.165, 1.54) is 15.9 Å². The lowest BCUT2D eigenvalue weighted by molar-refractivity contribution is -0.139. The second-order valence-electron chi connectivity index (χ2n) is 9.88. The number of rotatable bonds is 7. The number of amides is 1. The summed E-state index contributed by atoms with van der Waals surface area (Å²) in [5.41, 5.74) is 2.47. The van der Waals surface area contributed by atoms with E-state index in [0.29, 0.717) is 27.8 Å². The summed E-state index contributed by atoms with van der Waals surface area (Å²) in [7, 11) is 2.11. The molecule has 188 valence electrons. The van der Waals surface area contributed by atoms with Crippen molar-refractivity contribution in [1.29, 1.82) is 0 Å². The van der Waals surface area contributed by atoms with Crippen molar-refractivity contribution in [3.8, 4) is 10.7 Å². The van der Waals surface area contributed by atoms with Crippen molar-refractivity contribution in [2.75, 3.05) is 25.5 Å². The van der Waals surface area contributed by atoms with E-state index >= 15 is 0 Å². The maximum Gasteiger partial charge on any atom is 0.406 e. The van der Waals surface area contributed by atoms with E-state index < -0.39 is 12.7 Å². The number of anilines is 1. The number of nitrogens with zero attached hydrogens (tertiary/aromatic N) is 3. The molecule has 0 spiro atoms. The van der Waals surface area contributed by atoms with Crippen LogP contribution in [0.15, 0.2) is 29.6 Å². The number of alkyl halides is 3. The van der Waals surface area contributed by atoms with Crippen molar-refractivity contribution >= 4 is 33.8 Å². The van der Waals surface area contributed by atoms with Crippen LogP contribution in [0.25, 0.3) is 21.6 Å². The fraction of sp³-hybridized carbons (Fsp3) is 0.520. The summed E-state index contributed by atoms with van der Waals surface area (Å²) in [6, 6.07) is 7.55. The largest absolute Gasteiger partial charge is 0.406 e. The average Bonchev–Trinajstić information content (AvgIpc) is 3.44. The van der Waals surface area contributed by atoms with Crippen LogP contribution < -0.4 is 10.6 Å². The standard InChI is InChI=1S/C25H30F3N5OS/c1-15-12-32(2)9-8-19(15)31-20-4-3-5-21-18(20)10-22(33(21)14-25(26,27)28)24-30-17(13-35-24)11-29-23(34)16-6-7-16/h3-5,10,13,15-16,19,31H,6-9,11-12,14H2,1-2H3,(H,29,34)/t15-,19+/m0/s1. The average molecular weight is 506 g/mol. The molecular formula is C25H30F3N5OS. The van der Waals surface area contributed by atoms with Crippen LogP contribution in [0.2, 0.25) is 0 Å². The number of piperidine rings is 1. The smallest absolute Gasteiger partial charge is 0.381 e. The van der Waals surface area contributed by atoms with Gasteiger partial charge in [0, 0.05) is 35.0 Å². The molecule has 0 bridgehead atoms. The number of fused-ring (bicyclic) bond motifs is 1. The lowest BCUT2D eigenvalue weighted by atomic mass is 9.94. The molecule has 1 amide bonds. The summed E-state index contributed by atoms with van der Waals surface area (Å²) >= 11 is 1.30. The van der Waals surface area contributed by atoms with Gasteiger partial charge >= 0.3 is 6.18 Å². The molecule has 1 saturated heterocycles. The molecule has 3 aromatic rings. The predicted molar refractivity (Wildman–Crippen MR) is 132 cm³/mol. The molecule has 2 atom stereocenters. The molecule has 0 radical (unpaired) electrons. The summed E-state index contributed by atoms with van der Waals surface area (Å²) < 4.78 is 42.1. The summed E-state index contributed by atoms with van der Waals surface area (Å²) in [4.78, 5) is 18.8. The molecule has 2 aromatic heterocycles. The van der Waals surface area contributed by atoms with Crippen molar-refractivity contribution in [3.05, 3.63) is 35.3 Å². The Hall–Kier alpha value is -2.59. The second-order valence-corrected chi connectivity index (χ2v) is 10.7. The molecule has 1 saturated carbocycles. The Morgan fingerprint density at radius 3 is 2.77 bits per heavy atom. The number of benzene rings is 1. The molecule has 2 aliphatic rings. The Kier molecular flexibility index (Phi) is 6.52. The zero-order valence-corrected chi connectivity index (χ0v) is 20.7. The molecule has 2 N–H and O–H groups in total. The van der Waals surface area contributed by atoms with Crippen LogP contribution in [0.5, 0.6) is 0 Å². The van der Waals surface area contributed by atoms with Crippen molar-refractivity contribution < 1.29 is 18.0 Å². The van der Waals surface area contributed by atoms with Crippen LogP contribution in [0.3, 0.4) is 0 Å². The zero-order valence-electron chi connectivity index (χ0n) is 19.9. The number of likely N-dealkylation sites (tertiary alicyclic amines) is 1. The van der Waals surface area contributed by atoms with Gasteiger partial charge in [0.1, 0.15) is 11.6 Å². The van der Waals surface area contributed by atoms with Gasteiger partial charge in [0.15, 0.2) is 0 Å². The third-order valence-electron chi connectivity index (χ3n) is 6.90. The van der Waals surface area contributed by atoms with E-state index in [0.717, 1.165) is 43.4 Å². The minimum absolute atomic E-state index is 0.0181. The van der Waals surface area contributed by atoms with E-state index in [-0.39, 0.29) is 24.4 Å². The lowest BCUT2D eigenvalue weighted by Crippen LogP contribution is -2.43. The molecule has 1 aromatic carbocycles. The number of thiazole rings is 1. The van der Waals surface area contributed by atoms with Crippen molar-refractivity contribution in [1.82, 2.24) is 19.8 Å². The van der Waals surface area contributed by atoms with Gasteiger partial charge in [-0.05, 0) is 57.0 Å². The van der Waals surface area contributed by atoms with Crippen LogP contribution in [-0.2, 0) is 17.9 Å². The number of carbonyl (C=O) groups is 1. The van der Waals surface area contributed by atoms with E-state index in [4.69, 9.17) is 0 Å². The highest BCUT2D eigenvalue weighted by Crippen LogP contribution is 2.37. The minimum Gasteiger partial charge on any atom is -0.381 e. The van der Waals surface area contributed by atoms with E-state index in [1.807, 2.05) is 18.2 Å². The van der Waals surface area contributed by atoms with Crippen LogP contribution in [0, 0.1) is 11.8 Å². The second kappa shape index (κ2) is 9.46. The third-order valence-corrected chi connectivity index (χ3v) is 7.81. The fourth-order valence-corrected chi connectivity index (χ4v) is 5.72. The molecule has 2 fully saturated rings. The van der Waals surface area contributed by atoms with Crippen molar-refractivity contribution in [2.45, 2.75) is 51.5 Å². The number of hydrogen-bond donors (Lipinski definition) is 2. The summed E-state index contributed by atoms with van der Waals surface area (Å²) in [5, 5.41) is 9.57. The Bertz CT molecular complexity index is 1220. The first-order valence-corrected chi connectivity index (χ1v) is 12.9. The maximum absolute atomic E-state index is 13.6. The van der Waals surface area contributed by atoms with E-state index in [1.54, 1.807) is 11.4 Å². The number of nitrogens with one attached hydrogen (secondary N) is 2. The highest BCUT2D eigenvalue weighted by Gasteiger charge is 2.32. The predicted octanol–water partition coefficient (Wildman–Crippen LogP) is 5.11. The van der Waals surface area contributed by atoms with Crippen LogP contribution in [0.1, 0.15) is 31.9 Å². The van der Waals surface area contributed by atoms with Gasteiger partial charge < -0.3 is 20.1 Å². The van der Waals surface area contributed by atoms with Gasteiger partial charge in [-0.25, -0.2) is 4.98 Å². The SMILES string of the molecule is C[C@H]1CN(C)CC[C@H]1Nc1cccc2c1cc(-c1nc(CNC(=O)C3CC3)cs1)n2CC(F)(F)F. The van der Waals surface area contributed by atoms with Gasteiger partial charge in [0.25, 0.3) is 0 Å². The van der Waals surface area contributed by atoms with E-state index in [9.17, 15) is 18.0 Å². The molecule has 1 aliphatic carbocycles. The Morgan fingerprint density at radius 1 is 1.26 bits per heavy atom. The van der Waals surface area contributed by atoms with Crippen molar-refractivity contribution in [3.63, 3.8) is 0 Å². The summed E-state index contributed by atoms with van der Waals surface area (Å²) in [6.07, 6.45) is -1.56. The van der Waals surface area contributed by atoms with Gasteiger partial charge in [-0.1, -0.05) is 13.0 Å². The molecule has 5 rings (SSSR count). The number of aromatic nitrogens is 2. The highest BCUT2D eigenvalue weighted by atomic mass is 32.1. The number of hydrogen-bond acceptors (Lipinski definition) is 5. The van der Waals surface area contributed by atoms with Gasteiger partial charge in [-0.3, -0.25) is 4.79 Å². The molecular weight excluding hydrogens is 475 g/mol. The monoisotopic (exact) mass is 505 g/mol. The first kappa shape index (κ1) is 24.1. The molecule has 6 nitrogen and oxygen atoms in total. The van der Waals surface area contributed by atoms with Crippen LogP contribution in [0.4, 0.5) is 18.9 Å². The number of carbonyl (C=O) groups excluding carboxylic acids is 1. The van der Waals surface area contributed by atoms with Gasteiger partial charge in [0.2, 0.25) is 5.91 Å². The number of halogens is 3. The summed E-state index contributed by atoms with van der Waals surface area (Å²) in [6.45, 7) is 3.36. The normalized spacial score (nSPS) is 21.4. The Balaban J connectivity index is 1.46. The van der Waals surface area contributed by atoms with Gasteiger partial charge in [-0.2, -0.15) is 13.2 Å². The molecule has 3 heterocycles. The third kappa shape index (κ3) is 5.48. The van der Waals surface area contributed by atoms with Gasteiger partial charge in [0.05, 0.1) is 23.4 Å². The van der Waals surface area contributed by atoms with Gasteiger partial charge in [-0.15, -0.1) is 11.3 Å². The molecule has 35 heavy (non-hydrogen) atoms.